The van der Waals surface area contributed by atoms with Crippen LogP contribution in [0.4, 0.5) is 5.13 Å². The predicted octanol–water partition coefficient (Wildman–Crippen LogP) is 0.689. The van der Waals surface area contributed by atoms with Crippen molar-refractivity contribution in [2.75, 3.05) is 12.8 Å². The van der Waals surface area contributed by atoms with E-state index in [2.05, 4.69) is 25.5 Å². The van der Waals surface area contributed by atoms with Crippen LogP contribution >= 0.6 is 11.3 Å². The smallest absolute Gasteiger partial charge is 0.275 e. The molecule has 2 aromatic rings. The summed E-state index contributed by atoms with van der Waals surface area (Å²) in [6.07, 6.45) is 0. The summed E-state index contributed by atoms with van der Waals surface area (Å²) in [5, 5.41) is 12.1. The van der Waals surface area contributed by atoms with Gasteiger partial charge in [0.15, 0.2) is 10.8 Å². The molecule has 0 atom stereocenters. The maximum atomic E-state index is 12.1. The number of anilines is 1. The van der Waals surface area contributed by atoms with Crippen molar-refractivity contribution < 1.29 is 14.2 Å². The van der Waals surface area contributed by atoms with E-state index in [1.165, 1.54) is 18.4 Å². The molecule has 0 aliphatic rings. The molecule has 1 amide bonds. The Labute approximate surface area is 118 Å². The van der Waals surface area contributed by atoms with Crippen LogP contribution in [-0.4, -0.2) is 28.9 Å². The Morgan fingerprint density at radius 3 is 3.00 bits per heavy atom. The molecule has 3 N–H and O–H groups in total. The van der Waals surface area contributed by atoms with Crippen LogP contribution in [0.5, 0.6) is 0 Å². The van der Waals surface area contributed by atoms with Crippen molar-refractivity contribution in [1.29, 1.82) is 0 Å². The van der Waals surface area contributed by atoms with Gasteiger partial charge in [0.2, 0.25) is 0 Å². The van der Waals surface area contributed by atoms with E-state index in [-0.39, 0.29) is 12.3 Å². The van der Waals surface area contributed by atoms with Gasteiger partial charge in [0.1, 0.15) is 24.3 Å². The van der Waals surface area contributed by atoms with Gasteiger partial charge in [0.25, 0.3) is 5.91 Å². The fourth-order valence-electron chi connectivity index (χ4n) is 1.45. The molecule has 0 unspecified atom stereocenters. The van der Waals surface area contributed by atoms with E-state index >= 15 is 0 Å². The molecule has 0 saturated heterocycles. The molecule has 0 radical (unpaired) electrons. The van der Waals surface area contributed by atoms with Gasteiger partial charge in [0, 0.05) is 11.4 Å². The minimum atomic E-state index is -0.433. The molecule has 0 bridgehead atoms. The number of hydrogen-bond donors (Lipinski definition) is 2. The fourth-order valence-corrected chi connectivity index (χ4v) is 2.00. The number of oxime groups is 1. The Bertz CT molecular complexity index is 634. The zero-order valence-corrected chi connectivity index (χ0v) is 11.7. The first-order chi connectivity index (χ1) is 9.60. The molecule has 0 aromatic carbocycles. The van der Waals surface area contributed by atoms with Gasteiger partial charge < -0.3 is 20.4 Å². The minimum Gasteiger partial charge on any atom is -0.398 e. The number of carbonyl (C=O) groups excluding carboxylic acids is 1. The molecule has 2 aromatic heterocycles. The number of nitrogens with zero attached hydrogens (tertiary/aromatic N) is 3. The molecule has 0 aliphatic carbocycles. The minimum absolute atomic E-state index is 0.0562. The Morgan fingerprint density at radius 1 is 1.65 bits per heavy atom. The topological polar surface area (TPSA) is 116 Å². The number of nitrogens with one attached hydrogen (secondary N) is 1. The molecule has 0 saturated carbocycles. The van der Waals surface area contributed by atoms with Crippen molar-refractivity contribution in [3.8, 4) is 0 Å². The maximum Gasteiger partial charge on any atom is 0.275 e. The van der Waals surface area contributed by atoms with Crippen LogP contribution in [0.2, 0.25) is 0 Å². The molecule has 106 valence electrons. The number of nitrogen functional groups attached to an aromatic ring is 1. The predicted molar refractivity (Wildman–Crippen MR) is 73.2 cm³/mol. The summed E-state index contributed by atoms with van der Waals surface area (Å²) in [4.78, 5) is 20.7. The maximum absolute atomic E-state index is 12.1. The van der Waals surface area contributed by atoms with Crippen molar-refractivity contribution >= 4 is 28.1 Å². The standard InChI is InChI=1S/C11H13N5O3S/c1-6-3-7(15-19-6)4-13-10(17)9(16-18-2)8-5-20-11(12)14-8/h3,5H,4H2,1-2H3,(H2,12,14)(H,13,17). The lowest BCUT2D eigenvalue weighted by Gasteiger charge is -2.03. The molecule has 9 heteroatoms. The molecule has 0 aliphatic heterocycles. The highest BCUT2D eigenvalue weighted by molar-refractivity contribution is 7.13. The van der Waals surface area contributed by atoms with Gasteiger partial charge in [-0.1, -0.05) is 10.3 Å². The first kappa shape index (κ1) is 14.0. The third kappa shape index (κ3) is 3.32. The second-order valence-electron chi connectivity index (χ2n) is 3.81. The summed E-state index contributed by atoms with van der Waals surface area (Å²) in [5.41, 5.74) is 6.57. The summed E-state index contributed by atoms with van der Waals surface area (Å²) in [6.45, 7) is 1.99. The normalized spacial score (nSPS) is 11.4. The second kappa shape index (κ2) is 6.15. The quantitative estimate of drug-likeness (QED) is 0.619. The number of rotatable bonds is 5. The average Bonchev–Trinajstić information content (AvgIpc) is 3.02. The van der Waals surface area contributed by atoms with Crippen LogP contribution in [0.3, 0.4) is 0 Å². The van der Waals surface area contributed by atoms with Gasteiger partial charge in [-0.3, -0.25) is 4.79 Å². The van der Waals surface area contributed by atoms with E-state index in [1.807, 2.05) is 0 Å². The number of aryl methyl sites for hydroxylation is 1. The lowest BCUT2D eigenvalue weighted by Crippen LogP contribution is -2.31. The molecule has 0 fully saturated rings. The van der Waals surface area contributed by atoms with Crippen LogP contribution in [0.15, 0.2) is 21.1 Å². The summed E-state index contributed by atoms with van der Waals surface area (Å²) in [5.74, 6) is 0.241. The van der Waals surface area contributed by atoms with Gasteiger partial charge in [-0.2, -0.15) is 0 Å². The molecule has 0 spiro atoms. The van der Waals surface area contributed by atoms with Gasteiger partial charge in [0.05, 0.1) is 6.54 Å². The first-order valence-corrected chi connectivity index (χ1v) is 6.51. The van der Waals surface area contributed by atoms with Crippen molar-refractivity contribution in [1.82, 2.24) is 15.5 Å². The van der Waals surface area contributed by atoms with Crippen LogP contribution in [-0.2, 0) is 16.2 Å². The van der Waals surface area contributed by atoms with E-state index in [0.717, 1.165) is 0 Å². The highest BCUT2D eigenvalue weighted by Gasteiger charge is 2.18. The van der Waals surface area contributed by atoms with Gasteiger partial charge in [-0.25, -0.2) is 4.98 Å². The molecule has 2 heterocycles. The Kier molecular flexibility index (Phi) is 4.31. The summed E-state index contributed by atoms with van der Waals surface area (Å²) >= 11 is 1.22. The van der Waals surface area contributed by atoms with E-state index < -0.39 is 5.91 Å². The van der Waals surface area contributed by atoms with Crippen molar-refractivity contribution in [3.05, 3.63) is 28.6 Å². The third-order valence-electron chi connectivity index (χ3n) is 2.27. The van der Waals surface area contributed by atoms with E-state index in [9.17, 15) is 4.79 Å². The summed E-state index contributed by atoms with van der Waals surface area (Å²) < 4.78 is 4.91. The molecule has 2 rings (SSSR count). The van der Waals surface area contributed by atoms with E-state index in [4.69, 9.17) is 10.3 Å². The Balaban J connectivity index is 2.06. The number of amides is 1. The van der Waals surface area contributed by atoms with Crippen molar-refractivity contribution in [2.45, 2.75) is 13.5 Å². The molecule has 8 nitrogen and oxygen atoms in total. The highest BCUT2D eigenvalue weighted by atomic mass is 32.1. The van der Waals surface area contributed by atoms with Gasteiger partial charge in [-0.05, 0) is 6.92 Å². The summed E-state index contributed by atoms with van der Waals surface area (Å²) in [7, 11) is 1.35. The molecular formula is C11H13N5O3S. The summed E-state index contributed by atoms with van der Waals surface area (Å²) in [6, 6.07) is 1.73. The largest absolute Gasteiger partial charge is 0.398 e. The first-order valence-electron chi connectivity index (χ1n) is 5.63. The second-order valence-corrected chi connectivity index (χ2v) is 4.69. The zero-order valence-electron chi connectivity index (χ0n) is 10.9. The third-order valence-corrected chi connectivity index (χ3v) is 2.94. The Hall–Kier alpha value is -2.42. The van der Waals surface area contributed by atoms with E-state index in [1.54, 1.807) is 18.4 Å². The molecule has 20 heavy (non-hydrogen) atoms. The lowest BCUT2D eigenvalue weighted by molar-refractivity contribution is -0.115. The number of thiazole rings is 1. The van der Waals surface area contributed by atoms with Crippen LogP contribution in [0.25, 0.3) is 0 Å². The number of hydrogen-bond acceptors (Lipinski definition) is 8. The van der Waals surface area contributed by atoms with Crippen LogP contribution in [0.1, 0.15) is 17.1 Å². The number of aromatic nitrogens is 2. The molecular weight excluding hydrogens is 282 g/mol. The van der Waals surface area contributed by atoms with Gasteiger partial charge in [-0.15, -0.1) is 11.3 Å². The monoisotopic (exact) mass is 295 g/mol. The van der Waals surface area contributed by atoms with Crippen LogP contribution in [0, 0.1) is 6.92 Å². The highest BCUT2D eigenvalue weighted by Crippen LogP contribution is 2.12. The zero-order chi connectivity index (χ0) is 14.5. The fraction of sp³-hybridized carbons (Fsp3) is 0.273. The Morgan fingerprint density at radius 2 is 2.45 bits per heavy atom. The SMILES string of the molecule is CON=C(C(=O)NCc1cc(C)on1)c1csc(N)n1. The number of carbonyl (C=O) groups is 1. The van der Waals surface area contributed by atoms with Crippen molar-refractivity contribution in [2.24, 2.45) is 5.16 Å². The van der Waals surface area contributed by atoms with Gasteiger partial charge >= 0.3 is 0 Å². The average molecular weight is 295 g/mol. The van der Waals surface area contributed by atoms with E-state index in [0.29, 0.717) is 22.3 Å². The van der Waals surface area contributed by atoms with Crippen molar-refractivity contribution in [3.63, 3.8) is 0 Å². The van der Waals surface area contributed by atoms with Crippen LogP contribution < -0.4 is 11.1 Å². The lowest BCUT2D eigenvalue weighted by atomic mass is 10.2. The number of nitrogens with two attached hydrogens (primary N) is 1.